The van der Waals surface area contributed by atoms with Crippen molar-refractivity contribution in [3.05, 3.63) is 30.1 Å². The van der Waals surface area contributed by atoms with E-state index in [1.54, 1.807) is 0 Å². The lowest BCUT2D eigenvalue weighted by atomic mass is 9.98. The highest BCUT2D eigenvalue weighted by Crippen LogP contribution is 2.28. The summed E-state index contributed by atoms with van der Waals surface area (Å²) in [6, 6.07) is 7.09. The van der Waals surface area contributed by atoms with Crippen LogP contribution in [0.2, 0.25) is 0 Å². The highest BCUT2D eigenvalue weighted by Gasteiger charge is 2.22. The molecule has 0 saturated heterocycles. The Balaban J connectivity index is 1.89. The SMILES string of the molecule is CC(N[C@@H](C)c1ccccn1)C1CCCC1. The van der Waals surface area contributed by atoms with E-state index in [4.69, 9.17) is 0 Å². The summed E-state index contributed by atoms with van der Waals surface area (Å²) in [6.45, 7) is 4.52. The lowest BCUT2D eigenvalue weighted by molar-refractivity contribution is 0.350. The summed E-state index contributed by atoms with van der Waals surface area (Å²) in [6.07, 6.45) is 7.48. The Hall–Kier alpha value is -0.890. The molecule has 0 spiro atoms. The van der Waals surface area contributed by atoms with E-state index in [0.29, 0.717) is 12.1 Å². The van der Waals surface area contributed by atoms with E-state index in [0.717, 1.165) is 11.6 Å². The topological polar surface area (TPSA) is 24.9 Å². The van der Waals surface area contributed by atoms with Crippen LogP contribution in [0.5, 0.6) is 0 Å². The maximum atomic E-state index is 4.40. The van der Waals surface area contributed by atoms with Gasteiger partial charge in [0.15, 0.2) is 0 Å². The van der Waals surface area contributed by atoms with Gasteiger partial charge in [-0.05, 0) is 44.7 Å². The number of nitrogens with zero attached hydrogens (tertiary/aromatic N) is 1. The summed E-state index contributed by atoms with van der Waals surface area (Å²) in [7, 11) is 0. The predicted octanol–water partition coefficient (Wildman–Crippen LogP) is 3.31. The molecule has 1 N–H and O–H groups in total. The second-order valence-electron chi connectivity index (χ2n) is 4.98. The smallest absolute Gasteiger partial charge is 0.0570 e. The number of aromatic nitrogens is 1. The first-order valence-corrected chi connectivity index (χ1v) is 6.44. The second-order valence-corrected chi connectivity index (χ2v) is 4.98. The van der Waals surface area contributed by atoms with E-state index >= 15 is 0 Å². The third kappa shape index (κ3) is 2.82. The molecule has 2 nitrogen and oxygen atoms in total. The van der Waals surface area contributed by atoms with Gasteiger partial charge in [0.2, 0.25) is 0 Å². The lowest BCUT2D eigenvalue weighted by Gasteiger charge is -2.24. The van der Waals surface area contributed by atoms with Crippen LogP contribution in [0.15, 0.2) is 24.4 Å². The molecule has 88 valence electrons. The number of hydrogen-bond donors (Lipinski definition) is 1. The van der Waals surface area contributed by atoms with Gasteiger partial charge >= 0.3 is 0 Å². The van der Waals surface area contributed by atoms with Crippen molar-refractivity contribution in [2.24, 2.45) is 5.92 Å². The molecule has 1 fully saturated rings. The molecule has 1 aliphatic rings. The average molecular weight is 218 g/mol. The van der Waals surface area contributed by atoms with Gasteiger partial charge in [-0.15, -0.1) is 0 Å². The van der Waals surface area contributed by atoms with Crippen molar-refractivity contribution < 1.29 is 0 Å². The molecular weight excluding hydrogens is 196 g/mol. The molecule has 1 heterocycles. The van der Waals surface area contributed by atoms with Gasteiger partial charge in [0.25, 0.3) is 0 Å². The van der Waals surface area contributed by atoms with Gasteiger partial charge < -0.3 is 5.32 Å². The van der Waals surface area contributed by atoms with Gasteiger partial charge in [-0.1, -0.05) is 18.9 Å². The van der Waals surface area contributed by atoms with Gasteiger partial charge in [0, 0.05) is 18.3 Å². The fourth-order valence-electron chi connectivity index (χ4n) is 2.71. The molecule has 1 aliphatic carbocycles. The zero-order chi connectivity index (χ0) is 11.4. The molecule has 16 heavy (non-hydrogen) atoms. The first-order valence-electron chi connectivity index (χ1n) is 6.44. The van der Waals surface area contributed by atoms with Crippen LogP contribution in [0.3, 0.4) is 0 Å². The molecule has 0 aliphatic heterocycles. The molecule has 2 atom stereocenters. The van der Waals surface area contributed by atoms with E-state index in [-0.39, 0.29) is 0 Å². The van der Waals surface area contributed by atoms with Gasteiger partial charge in [-0.3, -0.25) is 4.98 Å². The van der Waals surface area contributed by atoms with Crippen molar-refractivity contribution in [1.29, 1.82) is 0 Å². The number of nitrogens with one attached hydrogen (secondary N) is 1. The summed E-state index contributed by atoms with van der Waals surface area (Å²) in [5.41, 5.74) is 1.15. The van der Waals surface area contributed by atoms with Crippen LogP contribution < -0.4 is 5.32 Å². The molecule has 2 heteroatoms. The summed E-state index contributed by atoms with van der Waals surface area (Å²) >= 11 is 0. The minimum atomic E-state index is 0.358. The van der Waals surface area contributed by atoms with Gasteiger partial charge in [0.05, 0.1) is 5.69 Å². The van der Waals surface area contributed by atoms with Crippen molar-refractivity contribution in [2.75, 3.05) is 0 Å². The Morgan fingerprint density at radius 3 is 2.62 bits per heavy atom. The van der Waals surface area contributed by atoms with Crippen LogP contribution in [0.4, 0.5) is 0 Å². The molecule has 0 aromatic carbocycles. The first-order chi connectivity index (χ1) is 7.77. The fourth-order valence-corrected chi connectivity index (χ4v) is 2.71. The number of rotatable bonds is 4. The molecule has 2 rings (SSSR count). The largest absolute Gasteiger partial charge is 0.306 e. The lowest BCUT2D eigenvalue weighted by Crippen LogP contribution is -2.34. The van der Waals surface area contributed by atoms with Crippen LogP contribution in [0.25, 0.3) is 0 Å². The Bertz CT molecular complexity index is 304. The fraction of sp³-hybridized carbons (Fsp3) is 0.643. The van der Waals surface area contributed by atoms with Crippen LogP contribution in [-0.4, -0.2) is 11.0 Å². The minimum absolute atomic E-state index is 0.358. The van der Waals surface area contributed by atoms with Gasteiger partial charge in [-0.2, -0.15) is 0 Å². The summed E-state index contributed by atoms with van der Waals surface area (Å²) < 4.78 is 0. The van der Waals surface area contributed by atoms with E-state index in [2.05, 4.69) is 36.3 Å². The van der Waals surface area contributed by atoms with Crippen LogP contribution in [-0.2, 0) is 0 Å². The third-order valence-electron chi connectivity index (χ3n) is 3.75. The van der Waals surface area contributed by atoms with Crippen molar-refractivity contribution in [1.82, 2.24) is 10.3 Å². The Labute approximate surface area is 98.5 Å². The third-order valence-corrected chi connectivity index (χ3v) is 3.75. The van der Waals surface area contributed by atoms with E-state index in [9.17, 15) is 0 Å². The van der Waals surface area contributed by atoms with Crippen LogP contribution in [0.1, 0.15) is 51.3 Å². The van der Waals surface area contributed by atoms with E-state index < -0.39 is 0 Å². The standard InChI is InChI=1S/C14H22N2/c1-11(13-7-3-4-8-13)16-12(2)14-9-5-6-10-15-14/h5-6,9-13,16H,3-4,7-8H2,1-2H3/t11?,12-/m0/s1. The van der Waals surface area contributed by atoms with Gasteiger partial charge in [0.1, 0.15) is 0 Å². The summed E-state index contributed by atoms with van der Waals surface area (Å²) in [5.74, 6) is 0.867. The predicted molar refractivity (Wildman–Crippen MR) is 67.2 cm³/mol. The minimum Gasteiger partial charge on any atom is -0.306 e. The Kier molecular flexibility index (Phi) is 3.94. The van der Waals surface area contributed by atoms with Crippen LogP contribution >= 0.6 is 0 Å². The quantitative estimate of drug-likeness (QED) is 0.838. The summed E-state index contributed by atoms with van der Waals surface area (Å²) in [5, 5.41) is 3.68. The van der Waals surface area contributed by atoms with Crippen molar-refractivity contribution in [3.63, 3.8) is 0 Å². The van der Waals surface area contributed by atoms with E-state index in [1.807, 2.05) is 12.3 Å². The Morgan fingerprint density at radius 2 is 2.00 bits per heavy atom. The molecule has 0 bridgehead atoms. The summed E-state index contributed by atoms with van der Waals surface area (Å²) in [4.78, 5) is 4.40. The number of pyridine rings is 1. The zero-order valence-corrected chi connectivity index (χ0v) is 10.3. The zero-order valence-electron chi connectivity index (χ0n) is 10.3. The molecule has 1 aromatic heterocycles. The molecular formula is C14H22N2. The van der Waals surface area contributed by atoms with Crippen molar-refractivity contribution in [2.45, 2.75) is 51.6 Å². The first kappa shape index (κ1) is 11.6. The van der Waals surface area contributed by atoms with Gasteiger partial charge in [-0.25, -0.2) is 0 Å². The maximum absolute atomic E-state index is 4.40. The molecule has 1 unspecified atom stereocenters. The maximum Gasteiger partial charge on any atom is 0.0570 e. The van der Waals surface area contributed by atoms with Crippen LogP contribution in [0, 0.1) is 5.92 Å². The number of hydrogen-bond acceptors (Lipinski definition) is 2. The Morgan fingerprint density at radius 1 is 1.25 bits per heavy atom. The monoisotopic (exact) mass is 218 g/mol. The van der Waals surface area contributed by atoms with Crippen molar-refractivity contribution >= 4 is 0 Å². The second kappa shape index (κ2) is 5.44. The molecule has 0 radical (unpaired) electrons. The highest BCUT2D eigenvalue weighted by molar-refractivity contribution is 5.07. The molecule has 1 aromatic rings. The molecule has 1 saturated carbocycles. The van der Waals surface area contributed by atoms with E-state index in [1.165, 1.54) is 25.7 Å². The average Bonchev–Trinajstić information content (AvgIpc) is 2.83. The normalized spacial score (nSPS) is 20.9. The van der Waals surface area contributed by atoms with Crippen molar-refractivity contribution in [3.8, 4) is 0 Å². The molecule has 0 amide bonds. The highest BCUT2D eigenvalue weighted by atomic mass is 15.0.